The first-order valence-electron chi connectivity index (χ1n) is 5.40. The van der Waals surface area contributed by atoms with Gasteiger partial charge in [0.2, 0.25) is 11.8 Å². The SMILES string of the molecule is CCCCCCC(=O)NCCC(=O)NO. The first-order valence-corrected chi connectivity index (χ1v) is 5.40. The summed E-state index contributed by atoms with van der Waals surface area (Å²) >= 11 is 0. The van der Waals surface area contributed by atoms with Crippen molar-refractivity contribution < 1.29 is 14.8 Å². The summed E-state index contributed by atoms with van der Waals surface area (Å²) in [6.07, 6.45) is 4.89. The van der Waals surface area contributed by atoms with Crippen molar-refractivity contribution in [2.24, 2.45) is 0 Å². The fraction of sp³-hybridized carbons (Fsp3) is 0.800. The molecule has 2 amide bonds. The molecule has 15 heavy (non-hydrogen) atoms. The van der Waals surface area contributed by atoms with E-state index in [1.807, 2.05) is 0 Å². The summed E-state index contributed by atoms with van der Waals surface area (Å²) in [6.45, 7) is 2.40. The Morgan fingerprint density at radius 2 is 1.80 bits per heavy atom. The Labute approximate surface area is 90.2 Å². The average molecular weight is 216 g/mol. The molecule has 0 aliphatic rings. The number of hydroxylamine groups is 1. The first-order chi connectivity index (χ1) is 7.20. The van der Waals surface area contributed by atoms with E-state index in [1.54, 1.807) is 0 Å². The summed E-state index contributed by atoms with van der Waals surface area (Å²) in [5.74, 6) is -0.516. The van der Waals surface area contributed by atoms with Gasteiger partial charge in [-0.15, -0.1) is 0 Å². The highest BCUT2D eigenvalue weighted by atomic mass is 16.5. The standard InChI is InChI=1S/C10H20N2O3/c1-2-3-4-5-6-9(13)11-8-7-10(14)12-15/h15H,2-8H2,1H3,(H,11,13)(H,12,14). The van der Waals surface area contributed by atoms with Gasteiger partial charge in [-0.2, -0.15) is 0 Å². The fourth-order valence-electron chi connectivity index (χ4n) is 1.17. The van der Waals surface area contributed by atoms with E-state index in [0.29, 0.717) is 6.42 Å². The number of rotatable bonds is 8. The highest BCUT2D eigenvalue weighted by Crippen LogP contribution is 2.01. The number of hydrogen-bond acceptors (Lipinski definition) is 3. The Balaban J connectivity index is 3.29. The predicted molar refractivity (Wildman–Crippen MR) is 56.3 cm³/mol. The van der Waals surface area contributed by atoms with Crippen LogP contribution in [-0.2, 0) is 9.59 Å². The Bertz CT molecular complexity index is 195. The Morgan fingerprint density at radius 1 is 1.07 bits per heavy atom. The van der Waals surface area contributed by atoms with Gasteiger partial charge < -0.3 is 5.32 Å². The predicted octanol–water partition coefficient (Wildman–Crippen LogP) is 0.968. The van der Waals surface area contributed by atoms with Crippen molar-refractivity contribution in [1.29, 1.82) is 0 Å². The molecule has 0 atom stereocenters. The molecule has 0 bridgehead atoms. The molecule has 0 rings (SSSR count). The first kappa shape index (κ1) is 13.9. The maximum atomic E-state index is 11.2. The number of carbonyl (C=O) groups excluding carboxylic acids is 2. The lowest BCUT2D eigenvalue weighted by Crippen LogP contribution is -2.29. The quantitative estimate of drug-likeness (QED) is 0.321. The second kappa shape index (κ2) is 9.45. The maximum absolute atomic E-state index is 11.2. The van der Waals surface area contributed by atoms with E-state index < -0.39 is 5.91 Å². The minimum absolute atomic E-state index is 0.0307. The van der Waals surface area contributed by atoms with E-state index in [4.69, 9.17) is 5.21 Å². The van der Waals surface area contributed by atoms with Gasteiger partial charge in [0.05, 0.1) is 0 Å². The van der Waals surface area contributed by atoms with Crippen molar-refractivity contribution in [3.05, 3.63) is 0 Å². The molecule has 0 fully saturated rings. The normalized spacial score (nSPS) is 9.73. The van der Waals surface area contributed by atoms with Crippen molar-refractivity contribution in [1.82, 2.24) is 10.8 Å². The highest BCUT2D eigenvalue weighted by Gasteiger charge is 2.02. The highest BCUT2D eigenvalue weighted by molar-refractivity contribution is 5.78. The van der Waals surface area contributed by atoms with Crippen LogP contribution in [0.5, 0.6) is 0 Å². The lowest BCUT2D eigenvalue weighted by molar-refractivity contribution is -0.129. The molecule has 0 aromatic carbocycles. The molecule has 0 spiro atoms. The molecule has 0 unspecified atom stereocenters. The van der Waals surface area contributed by atoms with Crippen LogP contribution in [-0.4, -0.2) is 23.6 Å². The number of nitrogens with one attached hydrogen (secondary N) is 2. The summed E-state index contributed by atoms with van der Waals surface area (Å²) in [7, 11) is 0. The van der Waals surface area contributed by atoms with Crippen LogP contribution in [0, 0.1) is 0 Å². The van der Waals surface area contributed by atoms with Gasteiger partial charge in [-0.05, 0) is 6.42 Å². The maximum Gasteiger partial charge on any atom is 0.245 e. The van der Waals surface area contributed by atoms with Gasteiger partial charge in [-0.25, -0.2) is 5.48 Å². The lowest BCUT2D eigenvalue weighted by Gasteiger charge is -2.03. The van der Waals surface area contributed by atoms with Crippen molar-refractivity contribution in [3.8, 4) is 0 Å². The molecule has 0 saturated carbocycles. The average Bonchev–Trinajstić information content (AvgIpc) is 2.24. The third kappa shape index (κ3) is 9.21. The number of hydrogen-bond donors (Lipinski definition) is 3. The summed E-state index contributed by atoms with van der Waals surface area (Å²) in [4.78, 5) is 21.8. The van der Waals surface area contributed by atoms with Gasteiger partial charge in [-0.3, -0.25) is 14.8 Å². The number of amides is 2. The monoisotopic (exact) mass is 216 g/mol. The summed E-state index contributed by atoms with van der Waals surface area (Å²) in [5.41, 5.74) is 1.51. The molecule has 0 saturated heterocycles. The Hall–Kier alpha value is -1.10. The van der Waals surface area contributed by atoms with Crippen molar-refractivity contribution >= 4 is 11.8 Å². The van der Waals surface area contributed by atoms with Crippen LogP contribution < -0.4 is 10.8 Å². The van der Waals surface area contributed by atoms with Gasteiger partial charge in [0.25, 0.3) is 0 Å². The zero-order chi connectivity index (χ0) is 11.5. The van der Waals surface area contributed by atoms with E-state index in [2.05, 4.69) is 12.2 Å². The summed E-state index contributed by atoms with van der Waals surface area (Å²) in [6, 6.07) is 0. The second-order valence-corrected chi connectivity index (χ2v) is 3.45. The van der Waals surface area contributed by atoms with Crippen LogP contribution in [0.3, 0.4) is 0 Å². The molecule has 5 heteroatoms. The molecule has 88 valence electrons. The minimum atomic E-state index is -0.485. The van der Waals surface area contributed by atoms with Crippen LogP contribution in [0.2, 0.25) is 0 Å². The number of carbonyl (C=O) groups is 2. The van der Waals surface area contributed by atoms with Crippen LogP contribution >= 0.6 is 0 Å². The van der Waals surface area contributed by atoms with E-state index in [9.17, 15) is 9.59 Å². The zero-order valence-electron chi connectivity index (χ0n) is 9.21. The van der Waals surface area contributed by atoms with E-state index >= 15 is 0 Å². The lowest BCUT2D eigenvalue weighted by atomic mass is 10.1. The smallest absolute Gasteiger partial charge is 0.245 e. The molecule has 0 aromatic rings. The van der Waals surface area contributed by atoms with Gasteiger partial charge >= 0.3 is 0 Å². The Kier molecular flexibility index (Phi) is 8.76. The van der Waals surface area contributed by atoms with Gasteiger partial charge in [0, 0.05) is 19.4 Å². The van der Waals surface area contributed by atoms with Crippen molar-refractivity contribution in [2.75, 3.05) is 6.54 Å². The summed E-state index contributed by atoms with van der Waals surface area (Å²) < 4.78 is 0. The topological polar surface area (TPSA) is 78.4 Å². The second-order valence-electron chi connectivity index (χ2n) is 3.45. The molecule has 5 nitrogen and oxygen atoms in total. The van der Waals surface area contributed by atoms with E-state index in [1.165, 1.54) is 5.48 Å². The third-order valence-corrected chi connectivity index (χ3v) is 2.06. The van der Waals surface area contributed by atoms with Gasteiger partial charge in [-0.1, -0.05) is 26.2 Å². The van der Waals surface area contributed by atoms with Crippen LogP contribution in [0.25, 0.3) is 0 Å². The molecule has 0 aliphatic carbocycles. The fourth-order valence-corrected chi connectivity index (χ4v) is 1.17. The van der Waals surface area contributed by atoms with Crippen LogP contribution in [0.4, 0.5) is 0 Å². The molecular weight excluding hydrogens is 196 g/mol. The number of unbranched alkanes of at least 4 members (excludes halogenated alkanes) is 3. The largest absolute Gasteiger partial charge is 0.356 e. The van der Waals surface area contributed by atoms with Gasteiger partial charge in [0.15, 0.2) is 0 Å². The van der Waals surface area contributed by atoms with Crippen LogP contribution in [0.1, 0.15) is 45.4 Å². The molecule has 0 aliphatic heterocycles. The third-order valence-electron chi connectivity index (χ3n) is 2.06. The van der Waals surface area contributed by atoms with Crippen LogP contribution in [0.15, 0.2) is 0 Å². The molecular formula is C10H20N2O3. The van der Waals surface area contributed by atoms with Crippen molar-refractivity contribution in [3.63, 3.8) is 0 Å². The van der Waals surface area contributed by atoms with E-state index in [0.717, 1.165) is 25.7 Å². The van der Waals surface area contributed by atoms with Crippen molar-refractivity contribution in [2.45, 2.75) is 45.4 Å². The van der Waals surface area contributed by atoms with Gasteiger partial charge in [0.1, 0.15) is 0 Å². The Morgan fingerprint density at radius 3 is 2.40 bits per heavy atom. The molecule has 0 aromatic heterocycles. The molecule has 0 radical (unpaired) electrons. The van der Waals surface area contributed by atoms with E-state index in [-0.39, 0.29) is 18.9 Å². The zero-order valence-corrected chi connectivity index (χ0v) is 9.21. The summed E-state index contributed by atoms with van der Waals surface area (Å²) in [5, 5.41) is 10.8. The minimum Gasteiger partial charge on any atom is -0.356 e. The molecule has 3 N–H and O–H groups in total. The molecule has 0 heterocycles.